The molecule has 3 heterocycles. The summed E-state index contributed by atoms with van der Waals surface area (Å²) in [5.74, 6) is 1.71. The van der Waals surface area contributed by atoms with Crippen LogP contribution in [0, 0.1) is 11.3 Å². The number of hydrogen-bond donors (Lipinski definition) is 1. The fourth-order valence-electron chi connectivity index (χ4n) is 4.41. The minimum atomic E-state index is 0.623. The summed E-state index contributed by atoms with van der Waals surface area (Å²) in [5.41, 5.74) is 4.35. The van der Waals surface area contributed by atoms with Gasteiger partial charge in [0, 0.05) is 55.0 Å². The van der Waals surface area contributed by atoms with Crippen molar-refractivity contribution in [2.24, 2.45) is 0 Å². The molecule has 0 radical (unpaired) electrons. The first-order valence-corrected chi connectivity index (χ1v) is 10.7. The van der Waals surface area contributed by atoms with Gasteiger partial charge in [0.25, 0.3) is 0 Å². The van der Waals surface area contributed by atoms with E-state index in [0.29, 0.717) is 13.2 Å². The van der Waals surface area contributed by atoms with E-state index in [1.807, 2.05) is 24.3 Å². The van der Waals surface area contributed by atoms with Crippen molar-refractivity contribution in [1.82, 2.24) is 9.88 Å². The maximum atomic E-state index is 9.15. The summed E-state index contributed by atoms with van der Waals surface area (Å²) in [6.07, 6.45) is 4.23. The number of anilines is 1. The molecule has 2 aromatic carbocycles. The highest BCUT2D eigenvalue weighted by Crippen LogP contribution is 2.34. The summed E-state index contributed by atoms with van der Waals surface area (Å²) in [6.45, 7) is 6.54. The molecule has 1 N–H and O–H groups in total. The van der Waals surface area contributed by atoms with E-state index in [0.717, 1.165) is 68.1 Å². The van der Waals surface area contributed by atoms with Crippen LogP contribution >= 0.6 is 0 Å². The van der Waals surface area contributed by atoms with Gasteiger partial charge in [0.1, 0.15) is 13.2 Å². The van der Waals surface area contributed by atoms with E-state index in [2.05, 4.69) is 39.2 Å². The fraction of sp³-hybridized carbons (Fsp3) is 0.375. The van der Waals surface area contributed by atoms with Gasteiger partial charge in [0.15, 0.2) is 11.5 Å². The van der Waals surface area contributed by atoms with Gasteiger partial charge in [-0.25, -0.2) is 0 Å². The van der Waals surface area contributed by atoms with Gasteiger partial charge >= 0.3 is 0 Å². The Morgan fingerprint density at radius 2 is 1.80 bits per heavy atom. The van der Waals surface area contributed by atoms with Crippen molar-refractivity contribution in [2.45, 2.75) is 12.8 Å². The monoisotopic (exact) mass is 402 g/mol. The molecule has 0 unspecified atom stereocenters. The van der Waals surface area contributed by atoms with Gasteiger partial charge in [0.2, 0.25) is 0 Å². The molecule has 0 spiro atoms. The maximum Gasteiger partial charge on any atom is 0.163 e. The van der Waals surface area contributed by atoms with Crippen LogP contribution in [0.3, 0.4) is 0 Å². The van der Waals surface area contributed by atoms with Gasteiger partial charge in [0.05, 0.1) is 11.6 Å². The number of H-pyrrole nitrogens is 1. The van der Waals surface area contributed by atoms with E-state index in [9.17, 15) is 0 Å². The molecule has 2 aliphatic heterocycles. The zero-order valence-corrected chi connectivity index (χ0v) is 17.1. The molecule has 0 aliphatic carbocycles. The predicted octanol–water partition coefficient (Wildman–Crippen LogP) is 3.57. The lowest BCUT2D eigenvalue weighted by atomic mass is 10.1. The molecular weight excluding hydrogens is 376 g/mol. The van der Waals surface area contributed by atoms with Crippen molar-refractivity contribution in [2.75, 3.05) is 50.8 Å². The SMILES string of the molecule is N#Cc1ccc2[nH]cc(CCCN3CCN(c4ccc5c(c4)OCCO5)CC3)c2c1. The maximum absolute atomic E-state index is 9.15. The number of rotatable bonds is 5. The smallest absolute Gasteiger partial charge is 0.163 e. The number of aromatic nitrogens is 1. The lowest BCUT2D eigenvalue weighted by Gasteiger charge is -2.36. The number of nitrogens with one attached hydrogen (secondary N) is 1. The minimum absolute atomic E-state index is 0.623. The van der Waals surface area contributed by atoms with E-state index >= 15 is 0 Å². The van der Waals surface area contributed by atoms with Crippen LogP contribution in [0.5, 0.6) is 11.5 Å². The number of hydrogen-bond acceptors (Lipinski definition) is 5. The summed E-state index contributed by atoms with van der Waals surface area (Å²) < 4.78 is 11.4. The second kappa shape index (κ2) is 8.29. The standard InChI is InChI=1S/C24H26N4O2/c25-16-18-3-5-22-21(14-18)19(17-26-22)2-1-7-27-8-10-28(11-9-27)20-4-6-23-24(15-20)30-13-12-29-23/h3-6,14-15,17,26H,1-2,7-13H2. The van der Waals surface area contributed by atoms with Crippen LogP contribution in [0.25, 0.3) is 10.9 Å². The molecule has 5 rings (SSSR count). The van der Waals surface area contributed by atoms with Gasteiger partial charge in [-0.3, -0.25) is 4.90 Å². The van der Waals surface area contributed by atoms with Crippen LogP contribution in [-0.4, -0.2) is 55.8 Å². The van der Waals surface area contributed by atoms with Gasteiger partial charge in [-0.05, 0) is 55.3 Å². The number of piperazine rings is 1. The van der Waals surface area contributed by atoms with E-state index in [1.165, 1.54) is 16.6 Å². The van der Waals surface area contributed by atoms with Crippen LogP contribution in [0.4, 0.5) is 5.69 Å². The van der Waals surface area contributed by atoms with Crippen molar-refractivity contribution < 1.29 is 9.47 Å². The Hall–Kier alpha value is -3.17. The second-order valence-corrected chi connectivity index (χ2v) is 7.95. The number of benzene rings is 2. The molecule has 1 fully saturated rings. The van der Waals surface area contributed by atoms with Crippen molar-refractivity contribution in [1.29, 1.82) is 5.26 Å². The average molecular weight is 402 g/mol. The molecule has 6 heteroatoms. The topological polar surface area (TPSA) is 64.5 Å². The molecule has 0 bridgehead atoms. The third-order valence-electron chi connectivity index (χ3n) is 6.08. The molecule has 0 saturated carbocycles. The Morgan fingerprint density at radius 3 is 2.63 bits per heavy atom. The van der Waals surface area contributed by atoms with E-state index in [-0.39, 0.29) is 0 Å². The first-order valence-electron chi connectivity index (χ1n) is 10.7. The van der Waals surface area contributed by atoms with Crippen LogP contribution < -0.4 is 14.4 Å². The molecule has 3 aromatic rings. The van der Waals surface area contributed by atoms with Crippen LogP contribution in [0.15, 0.2) is 42.6 Å². The predicted molar refractivity (Wildman–Crippen MR) is 117 cm³/mol. The lowest BCUT2D eigenvalue weighted by Crippen LogP contribution is -2.46. The average Bonchev–Trinajstić information content (AvgIpc) is 3.21. The lowest BCUT2D eigenvalue weighted by molar-refractivity contribution is 0.171. The molecule has 2 aliphatic rings. The number of ether oxygens (including phenoxy) is 2. The minimum Gasteiger partial charge on any atom is -0.486 e. The number of fused-ring (bicyclic) bond motifs is 2. The zero-order valence-electron chi connectivity index (χ0n) is 17.1. The Labute approximate surface area is 176 Å². The molecule has 0 amide bonds. The number of nitrogens with zero attached hydrogens (tertiary/aromatic N) is 3. The molecule has 30 heavy (non-hydrogen) atoms. The van der Waals surface area contributed by atoms with Crippen molar-refractivity contribution in [3.63, 3.8) is 0 Å². The first kappa shape index (κ1) is 18.8. The Morgan fingerprint density at radius 1 is 0.967 bits per heavy atom. The van der Waals surface area contributed by atoms with Gasteiger partial charge in [-0.15, -0.1) is 0 Å². The summed E-state index contributed by atoms with van der Waals surface area (Å²) in [4.78, 5) is 8.30. The highest BCUT2D eigenvalue weighted by Gasteiger charge is 2.19. The molecule has 154 valence electrons. The molecule has 6 nitrogen and oxygen atoms in total. The van der Waals surface area contributed by atoms with E-state index < -0.39 is 0 Å². The number of aryl methyl sites for hydroxylation is 1. The van der Waals surface area contributed by atoms with E-state index in [4.69, 9.17) is 14.7 Å². The van der Waals surface area contributed by atoms with Gasteiger partial charge in [-0.1, -0.05) is 0 Å². The fourth-order valence-corrected chi connectivity index (χ4v) is 4.41. The van der Waals surface area contributed by atoms with Crippen molar-refractivity contribution >= 4 is 16.6 Å². The van der Waals surface area contributed by atoms with Crippen molar-refractivity contribution in [3.8, 4) is 17.6 Å². The number of nitriles is 1. The summed E-state index contributed by atoms with van der Waals surface area (Å²) in [7, 11) is 0. The van der Waals surface area contributed by atoms with Crippen LogP contribution in [0.2, 0.25) is 0 Å². The first-order chi connectivity index (χ1) is 14.8. The largest absolute Gasteiger partial charge is 0.486 e. The van der Waals surface area contributed by atoms with Crippen molar-refractivity contribution in [3.05, 3.63) is 53.7 Å². The summed E-state index contributed by atoms with van der Waals surface area (Å²) >= 11 is 0. The quantitative estimate of drug-likeness (QED) is 0.707. The van der Waals surface area contributed by atoms with Gasteiger partial charge in [-0.2, -0.15) is 5.26 Å². The molecule has 1 aromatic heterocycles. The highest BCUT2D eigenvalue weighted by atomic mass is 16.6. The zero-order chi connectivity index (χ0) is 20.3. The van der Waals surface area contributed by atoms with E-state index in [1.54, 1.807) is 0 Å². The van der Waals surface area contributed by atoms with Gasteiger partial charge < -0.3 is 19.4 Å². The summed E-state index contributed by atoms with van der Waals surface area (Å²) in [5, 5.41) is 10.3. The normalized spacial score (nSPS) is 16.6. The molecular formula is C24H26N4O2. The summed E-state index contributed by atoms with van der Waals surface area (Å²) in [6, 6.07) is 14.4. The Balaban J connectivity index is 1.13. The second-order valence-electron chi connectivity index (χ2n) is 7.95. The highest BCUT2D eigenvalue weighted by molar-refractivity contribution is 5.84. The molecule has 0 atom stereocenters. The van der Waals surface area contributed by atoms with Crippen LogP contribution in [0.1, 0.15) is 17.5 Å². The third kappa shape index (κ3) is 3.81. The molecule has 1 saturated heterocycles. The third-order valence-corrected chi connectivity index (χ3v) is 6.08. The van der Waals surface area contributed by atoms with Crippen LogP contribution in [-0.2, 0) is 6.42 Å². The Kier molecular flexibility index (Phi) is 5.20. The Bertz CT molecular complexity index is 1080. The number of aromatic amines is 1.